The third-order valence-corrected chi connectivity index (χ3v) is 5.71. The van der Waals surface area contributed by atoms with Gasteiger partial charge in [-0.1, -0.05) is 42.5 Å². The van der Waals surface area contributed by atoms with Crippen LogP contribution in [0.1, 0.15) is 22.5 Å². The lowest BCUT2D eigenvalue weighted by molar-refractivity contribution is -0.137. The van der Waals surface area contributed by atoms with E-state index in [9.17, 15) is 13.2 Å². The van der Waals surface area contributed by atoms with Crippen LogP contribution < -0.4 is 4.74 Å². The van der Waals surface area contributed by atoms with Crippen LogP contribution in [0.2, 0.25) is 0 Å². The average molecular weight is 467 g/mol. The highest BCUT2D eigenvalue weighted by atomic mass is 32.2. The molecule has 3 aromatic carbocycles. The Morgan fingerprint density at radius 1 is 0.818 bits per heavy atom. The van der Waals surface area contributed by atoms with E-state index in [-0.39, 0.29) is 6.61 Å². The Hall–Kier alpha value is -3.32. The van der Waals surface area contributed by atoms with Crippen LogP contribution in [0.3, 0.4) is 0 Å². The summed E-state index contributed by atoms with van der Waals surface area (Å²) in [7, 11) is 0. The van der Waals surface area contributed by atoms with Crippen LogP contribution in [0.25, 0.3) is 11.1 Å². The lowest BCUT2D eigenvalue weighted by Gasteiger charge is -2.14. The van der Waals surface area contributed by atoms with E-state index in [1.54, 1.807) is 6.07 Å². The maximum Gasteiger partial charge on any atom is 0.416 e. The molecule has 0 spiro atoms. The lowest BCUT2D eigenvalue weighted by atomic mass is 10.0. The molecule has 1 heterocycles. The van der Waals surface area contributed by atoms with E-state index in [0.717, 1.165) is 39.5 Å². The van der Waals surface area contributed by atoms with Gasteiger partial charge < -0.3 is 4.74 Å². The van der Waals surface area contributed by atoms with Gasteiger partial charge in [0.15, 0.2) is 5.16 Å². The largest absolute Gasteiger partial charge is 0.488 e. The lowest BCUT2D eigenvalue weighted by Crippen LogP contribution is -2.06. The smallest absolute Gasteiger partial charge is 0.416 e. The van der Waals surface area contributed by atoms with E-state index in [0.29, 0.717) is 16.5 Å². The SMILES string of the molecule is Cc1cc(C)nc(Sc2ccc(OCc3cccc(C(F)(F)F)c3)c(-c3ccccc3)c2)n1. The van der Waals surface area contributed by atoms with Gasteiger partial charge in [-0.2, -0.15) is 13.2 Å². The van der Waals surface area contributed by atoms with Gasteiger partial charge in [-0.15, -0.1) is 0 Å². The van der Waals surface area contributed by atoms with Crippen LogP contribution in [-0.2, 0) is 12.8 Å². The van der Waals surface area contributed by atoms with Gasteiger partial charge in [-0.05, 0) is 73.1 Å². The predicted molar refractivity (Wildman–Crippen MR) is 123 cm³/mol. The molecule has 4 aromatic rings. The number of hydrogen-bond donors (Lipinski definition) is 0. The first kappa shape index (κ1) is 22.9. The molecular weight excluding hydrogens is 445 g/mol. The highest BCUT2D eigenvalue weighted by Crippen LogP contribution is 2.36. The zero-order valence-corrected chi connectivity index (χ0v) is 18.9. The molecule has 0 N–H and O–H groups in total. The Morgan fingerprint density at radius 2 is 1.55 bits per heavy atom. The Bertz CT molecular complexity index is 1240. The van der Waals surface area contributed by atoms with E-state index in [1.807, 2.05) is 68.4 Å². The monoisotopic (exact) mass is 466 g/mol. The van der Waals surface area contributed by atoms with E-state index in [1.165, 1.54) is 17.8 Å². The molecule has 33 heavy (non-hydrogen) atoms. The van der Waals surface area contributed by atoms with Crippen molar-refractivity contribution in [2.24, 2.45) is 0 Å². The summed E-state index contributed by atoms with van der Waals surface area (Å²) in [6.45, 7) is 3.88. The summed E-state index contributed by atoms with van der Waals surface area (Å²) in [5.41, 5.74) is 3.35. The Kier molecular flexibility index (Phi) is 6.70. The van der Waals surface area contributed by atoms with Crippen molar-refractivity contribution in [2.75, 3.05) is 0 Å². The minimum atomic E-state index is -4.39. The van der Waals surface area contributed by atoms with Crippen molar-refractivity contribution in [1.82, 2.24) is 9.97 Å². The Morgan fingerprint density at radius 3 is 2.24 bits per heavy atom. The number of aryl methyl sites for hydroxylation is 2. The van der Waals surface area contributed by atoms with Crippen LogP contribution in [0, 0.1) is 13.8 Å². The Labute approximate surface area is 194 Å². The van der Waals surface area contributed by atoms with Crippen molar-refractivity contribution in [3.05, 3.63) is 101 Å². The number of halogens is 3. The molecule has 0 aliphatic rings. The summed E-state index contributed by atoms with van der Waals surface area (Å²) >= 11 is 1.45. The molecule has 4 rings (SSSR count). The topological polar surface area (TPSA) is 35.0 Å². The van der Waals surface area contributed by atoms with Crippen molar-refractivity contribution in [2.45, 2.75) is 36.7 Å². The second kappa shape index (κ2) is 9.67. The van der Waals surface area contributed by atoms with Gasteiger partial charge in [0.05, 0.1) is 5.56 Å². The second-order valence-corrected chi connectivity index (χ2v) is 8.59. The minimum Gasteiger partial charge on any atom is -0.488 e. The van der Waals surface area contributed by atoms with E-state index in [2.05, 4.69) is 9.97 Å². The highest BCUT2D eigenvalue weighted by Gasteiger charge is 2.30. The summed E-state index contributed by atoms with van der Waals surface area (Å²) < 4.78 is 45.1. The van der Waals surface area contributed by atoms with Crippen LogP contribution in [-0.4, -0.2) is 9.97 Å². The number of nitrogens with zero attached hydrogens (tertiary/aromatic N) is 2. The quantitative estimate of drug-likeness (QED) is 0.276. The third kappa shape index (κ3) is 5.93. The van der Waals surface area contributed by atoms with Crippen LogP contribution >= 0.6 is 11.8 Å². The molecule has 0 aliphatic carbocycles. The summed E-state index contributed by atoms with van der Waals surface area (Å²) in [5, 5.41) is 0.657. The fourth-order valence-corrected chi connectivity index (χ4v) is 4.29. The zero-order valence-electron chi connectivity index (χ0n) is 18.1. The normalized spacial score (nSPS) is 11.4. The van der Waals surface area contributed by atoms with Crippen molar-refractivity contribution < 1.29 is 17.9 Å². The first-order valence-corrected chi connectivity index (χ1v) is 11.1. The fraction of sp³-hybridized carbons (Fsp3) is 0.154. The summed E-state index contributed by atoms with van der Waals surface area (Å²) in [5.74, 6) is 0.587. The van der Waals surface area contributed by atoms with Gasteiger partial charge in [0.25, 0.3) is 0 Å². The van der Waals surface area contributed by atoms with Gasteiger partial charge in [0.1, 0.15) is 12.4 Å². The number of ether oxygens (including phenoxy) is 1. The predicted octanol–water partition coefficient (Wildman–Crippen LogP) is 7.51. The molecule has 1 aromatic heterocycles. The first-order chi connectivity index (χ1) is 15.8. The van der Waals surface area contributed by atoms with Crippen LogP contribution in [0.4, 0.5) is 13.2 Å². The molecule has 0 bridgehead atoms. The van der Waals surface area contributed by atoms with Crippen LogP contribution in [0.15, 0.2) is 88.9 Å². The fourth-order valence-electron chi connectivity index (χ4n) is 3.38. The maximum absolute atomic E-state index is 13.0. The number of rotatable bonds is 6. The molecule has 0 aliphatic heterocycles. The maximum atomic E-state index is 13.0. The highest BCUT2D eigenvalue weighted by molar-refractivity contribution is 7.99. The van der Waals surface area contributed by atoms with Crippen molar-refractivity contribution in [1.29, 1.82) is 0 Å². The molecule has 0 atom stereocenters. The number of hydrogen-bond acceptors (Lipinski definition) is 4. The second-order valence-electron chi connectivity index (χ2n) is 7.55. The first-order valence-electron chi connectivity index (χ1n) is 10.3. The molecule has 168 valence electrons. The molecule has 0 radical (unpaired) electrons. The summed E-state index contributed by atoms with van der Waals surface area (Å²) in [4.78, 5) is 9.91. The van der Waals surface area contributed by atoms with E-state index < -0.39 is 11.7 Å². The molecule has 0 saturated carbocycles. The molecule has 7 heteroatoms. The number of alkyl halides is 3. The number of aromatic nitrogens is 2. The molecule has 0 amide bonds. The van der Waals surface area contributed by atoms with Crippen molar-refractivity contribution in [3.63, 3.8) is 0 Å². The molecule has 0 fully saturated rings. The number of benzene rings is 3. The molecule has 0 unspecified atom stereocenters. The minimum absolute atomic E-state index is 0.0242. The zero-order chi connectivity index (χ0) is 23.4. The van der Waals surface area contributed by atoms with Gasteiger partial charge in [-0.25, -0.2) is 9.97 Å². The molecule has 3 nitrogen and oxygen atoms in total. The van der Waals surface area contributed by atoms with E-state index in [4.69, 9.17) is 4.74 Å². The standard InChI is InChI=1S/C26H21F3N2OS/c1-17-13-18(2)31-25(30-17)33-22-11-12-24(23(15-22)20-8-4-3-5-9-20)32-16-19-7-6-10-21(14-19)26(27,28)29/h3-15H,16H2,1-2H3. The van der Waals surface area contributed by atoms with Gasteiger partial charge in [-0.3, -0.25) is 0 Å². The van der Waals surface area contributed by atoms with Gasteiger partial charge >= 0.3 is 6.18 Å². The Balaban J connectivity index is 1.62. The van der Waals surface area contributed by atoms with Gasteiger partial charge in [0.2, 0.25) is 0 Å². The molecule has 0 saturated heterocycles. The van der Waals surface area contributed by atoms with Crippen molar-refractivity contribution >= 4 is 11.8 Å². The van der Waals surface area contributed by atoms with E-state index >= 15 is 0 Å². The molecular formula is C26H21F3N2OS. The summed E-state index contributed by atoms with van der Waals surface area (Å²) in [6, 6.07) is 22.5. The average Bonchev–Trinajstić information content (AvgIpc) is 2.78. The van der Waals surface area contributed by atoms with Crippen LogP contribution in [0.5, 0.6) is 5.75 Å². The summed E-state index contributed by atoms with van der Waals surface area (Å²) in [6.07, 6.45) is -4.39. The third-order valence-electron chi connectivity index (χ3n) is 4.86. The van der Waals surface area contributed by atoms with Gasteiger partial charge in [0, 0.05) is 21.8 Å². The van der Waals surface area contributed by atoms with Crippen molar-refractivity contribution in [3.8, 4) is 16.9 Å².